The van der Waals surface area contributed by atoms with Crippen LogP contribution in [0.25, 0.3) is 11.2 Å². The number of nitrogen functional groups attached to an aromatic ring is 1. The van der Waals surface area contributed by atoms with Gasteiger partial charge in [0.25, 0.3) is 0 Å². The van der Waals surface area contributed by atoms with Crippen molar-refractivity contribution in [1.29, 1.82) is 0 Å². The molecule has 0 aliphatic heterocycles. The summed E-state index contributed by atoms with van der Waals surface area (Å²) in [5.74, 6) is 0.202. The molecule has 0 unspecified atom stereocenters. The normalized spacial score (nSPS) is 12.4. The molecule has 2 heterocycles. The van der Waals surface area contributed by atoms with E-state index in [9.17, 15) is 4.57 Å². The molecule has 0 aliphatic rings. The highest BCUT2D eigenvalue weighted by Crippen LogP contribution is 2.50. The van der Waals surface area contributed by atoms with Crippen LogP contribution >= 0.6 is 23.5 Å². The highest BCUT2D eigenvalue weighted by Gasteiger charge is 2.28. The van der Waals surface area contributed by atoms with Gasteiger partial charge < -0.3 is 33.6 Å². The van der Waals surface area contributed by atoms with Crippen LogP contribution in [0.5, 0.6) is 6.01 Å². The summed E-state index contributed by atoms with van der Waals surface area (Å²) in [4.78, 5) is 12.8. The Hall–Kier alpha value is -1.30. The topological polar surface area (TPSA) is 133 Å². The van der Waals surface area contributed by atoms with Gasteiger partial charge in [-0.2, -0.15) is 9.97 Å². The zero-order valence-electron chi connectivity index (χ0n) is 17.8. The zero-order chi connectivity index (χ0) is 22.3. The molecule has 0 saturated heterocycles. The lowest BCUT2D eigenvalue weighted by molar-refractivity contribution is 0.0959. The Balaban J connectivity index is 2.07. The number of ether oxygens (including phenoxy) is 3. The maximum atomic E-state index is 12.8. The second-order valence-corrected chi connectivity index (χ2v) is 9.50. The Morgan fingerprint density at radius 2 is 1.73 bits per heavy atom. The van der Waals surface area contributed by atoms with Crippen molar-refractivity contribution in [1.82, 2.24) is 19.5 Å². The number of nitrogens with zero attached hydrogens (tertiary/aromatic N) is 4. The number of imidazole rings is 1. The lowest BCUT2D eigenvalue weighted by Crippen LogP contribution is -2.14. The smallest absolute Gasteiger partial charge is 0.356 e. The average Bonchev–Trinajstić information content (AvgIpc) is 2.94. The molecule has 2 rings (SSSR count). The van der Waals surface area contributed by atoms with Crippen LogP contribution in [0.1, 0.15) is 27.7 Å². The predicted octanol–water partition coefficient (Wildman–Crippen LogP) is 3.21. The van der Waals surface area contributed by atoms with Crippen LogP contribution in [-0.4, -0.2) is 65.0 Å². The fraction of sp³-hybridized carbons (Fsp3) is 0.706. The molecule has 0 atom stereocenters. The predicted molar refractivity (Wildman–Crippen MR) is 116 cm³/mol. The van der Waals surface area contributed by atoms with E-state index in [1.165, 1.54) is 0 Å². The lowest BCUT2D eigenvalue weighted by atomic mass is 10.5. The highest BCUT2D eigenvalue weighted by molar-refractivity contribution is 9.10. The Kier molecular flexibility index (Phi) is 9.45. The first-order chi connectivity index (χ1) is 14.1. The minimum absolute atomic E-state index is 0.131. The molecular formula is C17H29BrN5O6P. The summed E-state index contributed by atoms with van der Waals surface area (Å²) < 4.78 is 42.1. The molecule has 30 heavy (non-hydrogen) atoms. The molecule has 0 radical (unpaired) electrons. The van der Waals surface area contributed by atoms with Crippen molar-refractivity contribution < 1.29 is 27.8 Å². The van der Waals surface area contributed by atoms with Gasteiger partial charge in [0.05, 0.1) is 32.0 Å². The Morgan fingerprint density at radius 3 is 2.33 bits per heavy atom. The number of methoxy groups -OCH3 is 1. The number of hydrogen-bond donors (Lipinski definition) is 1. The molecule has 0 aromatic carbocycles. The van der Waals surface area contributed by atoms with Crippen LogP contribution in [0, 0.1) is 0 Å². The number of fused-ring (bicyclic) bond motifs is 1. The summed E-state index contributed by atoms with van der Waals surface area (Å²) in [5.41, 5.74) is 6.92. The Bertz CT molecular complexity index is 864. The largest absolute Gasteiger partial charge is 0.461 e. The number of nitrogens with two attached hydrogens (primary N) is 1. The number of halogens is 1. The summed E-state index contributed by atoms with van der Waals surface area (Å²) in [7, 11) is -1.79. The van der Waals surface area contributed by atoms with Crippen LogP contribution in [0.4, 0.5) is 5.82 Å². The summed E-state index contributed by atoms with van der Waals surface area (Å²) in [6.07, 6.45) is -0.655. The summed E-state index contributed by atoms with van der Waals surface area (Å²) in [5, 5.41) is 0. The number of anilines is 1. The van der Waals surface area contributed by atoms with Crippen LogP contribution in [0.15, 0.2) is 4.73 Å². The molecule has 0 spiro atoms. The molecular weight excluding hydrogens is 481 g/mol. The van der Waals surface area contributed by atoms with Gasteiger partial charge >= 0.3 is 13.6 Å². The average molecular weight is 510 g/mol. The fourth-order valence-corrected chi connectivity index (χ4v) is 4.85. The van der Waals surface area contributed by atoms with Gasteiger partial charge in [0.15, 0.2) is 21.7 Å². The number of hydrogen-bond acceptors (Lipinski definition) is 10. The second kappa shape index (κ2) is 11.4. The molecule has 2 aromatic rings. The van der Waals surface area contributed by atoms with Crippen molar-refractivity contribution in [2.45, 2.75) is 46.4 Å². The van der Waals surface area contributed by atoms with Crippen molar-refractivity contribution in [2.24, 2.45) is 0 Å². The first-order valence-electron chi connectivity index (χ1n) is 9.49. The quantitative estimate of drug-likeness (QED) is 0.243. The molecule has 2 N–H and O–H groups in total. The maximum Gasteiger partial charge on any atom is 0.356 e. The summed E-state index contributed by atoms with van der Waals surface area (Å²) in [6, 6.07) is 0.131. The first kappa shape index (κ1) is 25.0. The van der Waals surface area contributed by atoms with Crippen molar-refractivity contribution in [2.75, 3.05) is 39.0 Å². The zero-order valence-corrected chi connectivity index (χ0v) is 20.3. The molecule has 2 aromatic heterocycles. The van der Waals surface area contributed by atoms with Crippen LogP contribution < -0.4 is 10.5 Å². The molecule has 0 saturated carbocycles. The molecule has 13 heteroatoms. The van der Waals surface area contributed by atoms with Gasteiger partial charge in [-0.25, -0.2) is 4.98 Å². The fourth-order valence-electron chi connectivity index (χ4n) is 2.51. The minimum Gasteiger partial charge on any atom is -0.461 e. The van der Waals surface area contributed by atoms with Gasteiger partial charge in [-0.05, 0) is 43.6 Å². The van der Waals surface area contributed by atoms with E-state index in [0.717, 1.165) is 0 Å². The van der Waals surface area contributed by atoms with Crippen molar-refractivity contribution in [3.63, 3.8) is 0 Å². The van der Waals surface area contributed by atoms with Gasteiger partial charge in [-0.15, -0.1) is 0 Å². The van der Waals surface area contributed by atoms with E-state index in [1.807, 2.05) is 0 Å². The van der Waals surface area contributed by atoms with Gasteiger partial charge in [-0.1, -0.05) is 0 Å². The monoisotopic (exact) mass is 509 g/mol. The van der Waals surface area contributed by atoms with E-state index in [1.54, 1.807) is 39.4 Å². The van der Waals surface area contributed by atoms with Crippen molar-refractivity contribution in [3.8, 4) is 6.01 Å². The van der Waals surface area contributed by atoms with Gasteiger partial charge in [0.2, 0.25) is 0 Å². The van der Waals surface area contributed by atoms with E-state index < -0.39 is 7.60 Å². The molecule has 170 valence electrons. The SMILES string of the molecule is COCCOc1nc(N)c2nc(Br)n(CCOCP(=O)(OC(C)C)OC(C)C)c2n1. The van der Waals surface area contributed by atoms with Gasteiger partial charge in [0, 0.05) is 7.11 Å². The van der Waals surface area contributed by atoms with E-state index >= 15 is 0 Å². The maximum absolute atomic E-state index is 12.8. The molecule has 0 aliphatic carbocycles. The highest BCUT2D eigenvalue weighted by atomic mass is 79.9. The Labute approximate surface area is 184 Å². The van der Waals surface area contributed by atoms with Gasteiger partial charge in [-0.3, -0.25) is 4.57 Å². The Morgan fingerprint density at radius 1 is 1.07 bits per heavy atom. The van der Waals surface area contributed by atoms with Crippen LogP contribution in [0.2, 0.25) is 0 Å². The first-order valence-corrected chi connectivity index (χ1v) is 12.0. The molecule has 0 amide bonds. The third-order valence-corrected chi connectivity index (χ3v) is 6.11. The number of aromatic nitrogens is 4. The summed E-state index contributed by atoms with van der Waals surface area (Å²) >= 11 is 3.40. The third kappa shape index (κ3) is 7.14. The van der Waals surface area contributed by atoms with E-state index in [0.29, 0.717) is 35.7 Å². The number of rotatable bonds is 13. The van der Waals surface area contributed by atoms with E-state index in [2.05, 4.69) is 30.9 Å². The summed E-state index contributed by atoms with van der Waals surface area (Å²) in [6.45, 7) is 8.46. The van der Waals surface area contributed by atoms with Crippen LogP contribution in [0.3, 0.4) is 0 Å². The van der Waals surface area contributed by atoms with Gasteiger partial charge in [0.1, 0.15) is 13.0 Å². The van der Waals surface area contributed by atoms with Crippen LogP contribution in [-0.2, 0) is 29.6 Å². The lowest BCUT2D eigenvalue weighted by Gasteiger charge is -2.22. The molecule has 0 bridgehead atoms. The molecule has 0 fully saturated rings. The minimum atomic E-state index is -3.37. The molecule has 11 nitrogen and oxygen atoms in total. The standard InChI is InChI=1S/C17H29BrN5O6P/c1-11(2)28-30(24,29-12(3)4)10-26-7-6-23-15-13(20-16(23)18)14(19)21-17(22-15)27-9-8-25-5/h11-12H,6-10H2,1-5H3,(H2,19,21,22). The second-order valence-electron chi connectivity index (χ2n) is 6.89. The third-order valence-electron chi connectivity index (χ3n) is 3.52. The van der Waals surface area contributed by atoms with E-state index in [4.69, 9.17) is 29.0 Å². The van der Waals surface area contributed by atoms with E-state index in [-0.39, 0.29) is 37.0 Å². The van der Waals surface area contributed by atoms with Crippen molar-refractivity contribution >= 4 is 40.5 Å². The van der Waals surface area contributed by atoms with Crippen molar-refractivity contribution in [3.05, 3.63) is 4.73 Å².